The minimum absolute atomic E-state index is 0.0150. The highest BCUT2D eigenvalue weighted by Gasteiger charge is 2.44. The van der Waals surface area contributed by atoms with Gasteiger partial charge >= 0.3 is 0 Å². The van der Waals surface area contributed by atoms with Crippen molar-refractivity contribution in [1.82, 2.24) is 0 Å². The topological polar surface area (TPSA) is 12.5 Å². The van der Waals surface area contributed by atoms with Crippen LogP contribution in [0.4, 0.5) is 17.1 Å². The Morgan fingerprint density at radius 3 is 1.29 bits per heavy atom. The Bertz CT molecular complexity index is 4250. The molecule has 0 bridgehead atoms. The van der Waals surface area contributed by atoms with Crippen molar-refractivity contribution in [1.29, 1.82) is 0 Å². The number of rotatable bonds is 6. The van der Waals surface area contributed by atoms with E-state index in [1.54, 1.807) is 0 Å². The summed E-state index contributed by atoms with van der Waals surface area (Å²) in [4.78, 5) is 5.28. The van der Waals surface area contributed by atoms with Crippen molar-refractivity contribution in [3.05, 3.63) is 239 Å². The zero-order chi connectivity index (χ0) is 61.5. The third-order valence-electron chi connectivity index (χ3n) is 18.9. The summed E-state index contributed by atoms with van der Waals surface area (Å²) in [6.45, 7) is 39.8. The second-order valence-electron chi connectivity index (χ2n) is 30.7. The lowest BCUT2D eigenvalue weighted by molar-refractivity contribution is 0.418. The molecule has 87 heavy (non-hydrogen) atoms. The summed E-state index contributed by atoms with van der Waals surface area (Å²) in [5.74, 6) is 1.84. The molecule has 0 saturated heterocycles. The molecule has 10 aromatic rings. The van der Waals surface area contributed by atoms with Gasteiger partial charge in [-0.1, -0.05) is 281 Å². The number of anilines is 3. The van der Waals surface area contributed by atoms with Crippen molar-refractivity contribution in [3.63, 3.8) is 0 Å². The summed E-state index contributed by atoms with van der Waals surface area (Å²) in [6, 6.07) is 77.4. The number of fused-ring (bicyclic) bond motifs is 6. The first-order chi connectivity index (χ1) is 41.0. The van der Waals surface area contributed by atoms with Crippen molar-refractivity contribution >= 4 is 51.9 Å². The molecule has 0 radical (unpaired) electrons. The first-order valence-electron chi connectivity index (χ1n) is 31.5. The molecule has 0 atom stereocenters. The lowest BCUT2D eigenvalue weighted by atomic mass is 9.34. The van der Waals surface area contributed by atoms with Crippen LogP contribution in [0, 0.1) is 0 Å². The van der Waals surface area contributed by atoms with Crippen LogP contribution in [0.1, 0.15) is 157 Å². The molecule has 13 rings (SSSR count). The third-order valence-corrected chi connectivity index (χ3v) is 20.0. The largest absolute Gasteiger partial charge is 0.457 e. The molecule has 3 aliphatic rings. The summed E-state index contributed by atoms with van der Waals surface area (Å²) < 4.78 is 6.75. The zero-order valence-corrected chi connectivity index (χ0v) is 55.2. The molecule has 10 aromatic carbocycles. The Kier molecular flexibility index (Phi) is 13.8. The first-order valence-corrected chi connectivity index (χ1v) is 32.3. The van der Waals surface area contributed by atoms with E-state index in [-0.39, 0.29) is 39.2 Å². The van der Waals surface area contributed by atoms with Gasteiger partial charge in [0.05, 0.1) is 5.69 Å². The summed E-state index contributed by atoms with van der Waals surface area (Å²) >= 11 is 1.94. The van der Waals surface area contributed by atoms with Crippen LogP contribution in [0.2, 0.25) is 0 Å². The zero-order valence-electron chi connectivity index (χ0n) is 54.4. The Balaban J connectivity index is 1.15. The molecule has 0 aliphatic carbocycles. The molecule has 0 fully saturated rings. The van der Waals surface area contributed by atoms with Gasteiger partial charge in [-0.15, -0.1) is 0 Å². The standard InChI is InChI=1S/C83H84BNOS/c1-78(2,3)59-38-56(39-60(47-59)79(4,5)6)54-32-35-68-70(43-54)85(77-64(51-26-20-18-21-27-51)49-63(82(13,14)15)50-65(77)52-28-22-19-23-29-52)71-44-58(53-34-37-73-67(42-53)83(16,17)66-30-24-25-31-72(66)86-73)46-75-76(71)84(68)69-36-33-55(45-74(69)87-75)57-40-61(80(7,8)9)48-62(41-57)81(10,11)12/h18-50H,1-17H3. The van der Waals surface area contributed by atoms with E-state index in [2.05, 4.69) is 323 Å². The molecular formula is C83H84BNOS. The third kappa shape index (κ3) is 10.5. The van der Waals surface area contributed by atoms with Gasteiger partial charge in [-0.3, -0.25) is 0 Å². The van der Waals surface area contributed by atoms with E-state index in [4.69, 9.17) is 4.74 Å². The van der Waals surface area contributed by atoms with Crippen molar-refractivity contribution in [2.24, 2.45) is 0 Å². The van der Waals surface area contributed by atoms with E-state index in [9.17, 15) is 0 Å². The highest BCUT2D eigenvalue weighted by molar-refractivity contribution is 8.00. The molecule has 0 aromatic heterocycles. The van der Waals surface area contributed by atoms with Crippen LogP contribution < -0.4 is 26.0 Å². The number of hydrogen-bond acceptors (Lipinski definition) is 3. The second kappa shape index (κ2) is 20.7. The monoisotopic (exact) mass is 1150 g/mol. The number of hydrogen-bond donors (Lipinski definition) is 0. The number of nitrogens with zero attached hydrogens (tertiary/aromatic N) is 1. The maximum absolute atomic E-state index is 6.75. The second-order valence-corrected chi connectivity index (χ2v) is 31.8. The van der Waals surface area contributed by atoms with Crippen LogP contribution in [0.15, 0.2) is 210 Å². The molecule has 2 nitrogen and oxygen atoms in total. The Hall–Kier alpha value is -7.79. The fraction of sp³-hybridized carbons (Fsp3) is 0.277. The van der Waals surface area contributed by atoms with Crippen molar-refractivity contribution in [2.45, 2.75) is 160 Å². The van der Waals surface area contributed by atoms with Crippen molar-refractivity contribution < 1.29 is 4.74 Å². The van der Waals surface area contributed by atoms with E-state index in [1.165, 1.54) is 132 Å². The molecule has 0 unspecified atom stereocenters. The van der Waals surface area contributed by atoms with Gasteiger partial charge in [0, 0.05) is 48.8 Å². The Morgan fingerprint density at radius 1 is 0.345 bits per heavy atom. The van der Waals surface area contributed by atoms with Gasteiger partial charge in [-0.05, 0) is 165 Å². The van der Waals surface area contributed by atoms with Gasteiger partial charge in [0.2, 0.25) is 6.71 Å². The highest BCUT2D eigenvalue weighted by atomic mass is 32.2. The summed E-state index contributed by atoms with van der Waals surface area (Å²) in [5.41, 5.74) is 28.1. The first kappa shape index (κ1) is 58.2. The Morgan fingerprint density at radius 2 is 0.759 bits per heavy atom. The average molecular weight is 1150 g/mol. The van der Waals surface area contributed by atoms with Gasteiger partial charge in [0.1, 0.15) is 11.5 Å². The average Bonchev–Trinajstić information content (AvgIpc) is 0.718. The lowest BCUT2D eigenvalue weighted by Gasteiger charge is -2.42. The maximum Gasteiger partial charge on any atom is 0.249 e. The fourth-order valence-electron chi connectivity index (χ4n) is 13.4. The van der Waals surface area contributed by atoms with Crippen molar-refractivity contribution in [2.75, 3.05) is 4.90 Å². The van der Waals surface area contributed by atoms with Crippen molar-refractivity contribution in [3.8, 4) is 67.1 Å². The summed E-state index contributed by atoms with van der Waals surface area (Å²) in [6.07, 6.45) is 0. The van der Waals surface area contributed by atoms with Crippen LogP contribution in [-0.4, -0.2) is 6.71 Å². The molecule has 0 N–H and O–H groups in total. The van der Waals surface area contributed by atoms with Gasteiger partial charge in [0.15, 0.2) is 0 Å². The predicted octanol–water partition coefficient (Wildman–Crippen LogP) is 21.7. The minimum Gasteiger partial charge on any atom is -0.457 e. The van der Waals surface area contributed by atoms with E-state index < -0.39 is 0 Å². The minimum atomic E-state index is -0.294. The lowest BCUT2D eigenvalue weighted by Crippen LogP contribution is -2.59. The van der Waals surface area contributed by atoms with E-state index in [0.29, 0.717) is 0 Å². The summed E-state index contributed by atoms with van der Waals surface area (Å²) in [5, 5.41) is 0. The van der Waals surface area contributed by atoms with Gasteiger partial charge < -0.3 is 9.64 Å². The molecule has 0 amide bonds. The van der Waals surface area contributed by atoms with Crippen LogP contribution in [0.3, 0.4) is 0 Å². The molecule has 3 heterocycles. The normalized spacial score (nSPS) is 14.4. The quantitative estimate of drug-likeness (QED) is 0.154. The number of benzene rings is 10. The number of ether oxygens (including phenoxy) is 1. The smallest absolute Gasteiger partial charge is 0.249 e. The SMILES string of the molecule is CC(C)(C)c1cc(-c2ccc3c(c2)Sc2cc(-c4ccc5c(c4)C(C)(C)c4ccccc4O5)cc4c2B3c2ccc(-c3cc(C(C)(C)C)cc(C(C)(C)C)c3)cc2N4c2c(-c3ccccc3)cc(C(C)(C)C)cc2-c2ccccc2)cc(C(C)(C)C)c1. The van der Waals surface area contributed by atoms with E-state index in [1.807, 2.05) is 11.8 Å². The molecule has 3 aliphatic heterocycles. The number of para-hydroxylation sites is 1. The van der Waals surface area contributed by atoms with Gasteiger partial charge in [-0.2, -0.15) is 0 Å². The van der Waals surface area contributed by atoms with Crippen LogP contribution in [0.5, 0.6) is 11.5 Å². The molecule has 0 saturated carbocycles. The highest BCUT2D eigenvalue weighted by Crippen LogP contribution is 2.54. The van der Waals surface area contributed by atoms with Crippen LogP contribution in [0.25, 0.3) is 55.6 Å². The van der Waals surface area contributed by atoms with Gasteiger partial charge in [-0.25, -0.2) is 0 Å². The van der Waals surface area contributed by atoms with Crippen LogP contribution >= 0.6 is 11.8 Å². The van der Waals surface area contributed by atoms with E-state index in [0.717, 1.165) is 17.1 Å². The molecule has 4 heteroatoms. The van der Waals surface area contributed by atoms with E-state index >= 15 is 0 Å². The Labute approximate surface area is 524 Å². The fourth-order valence-corrected chi connectivity index (χ4v) is 14.7. The summed E-state index contributed by atoms with van der Waals surface area (Å²) in [7, 11) is 0. The molecule has 0 spiro atoms. The van der Waals surface area contributed by atoms with Crippen LogP contribution in [-0.2, 0) is 32.5 Å². The maximum atomic E-state index is 6.75. The molecular weight excluding hydrogens is 1070 g/mol. The predicted molar refractivity (Wildman–Crippen MR) is 376 cm³/mol. The van der Waals surface area contributed by atoms with Gasteiger partial charge in [0.25, 0.3) is 0 Å². The molecule has 436 valence electrons.